The van der Waals surface area contributed by atoms with Gasteiger partial charge in [-0.25, -0.2) is 8.78 Å². The molecule has 2 heterocycles. The molecule has 1 saturated heterocycles. The first-order chi connectivity index (χ1) is 17.8. The summed E-state index contributed by atoms with van der Waals surface area (Å²) >= 11 is 0. The van der Waals surface area contributed by atoms with Crippen LogP contribution in [0, 0.1) is 23.0 Å². The van der Waals surface area contributed by atoms with Crippen LogP contribution in [0.5, 0.6) is 0 Å². The number of likely N-dealkylation sites (tertiary alicyclic amines) is 1. The minimum atomic E-state index is -0.778. The van der Waals surface area contributed by atoms with Gasteiger partial charge in [0.1, 0.15) is 23.1 Å². The van der Waals surface area contributed by atoms with Crippen LogP contribution in [0.4, 0.5) is 8.78 Å². The highest BCUT2D eigenvalue weighted by Gasteiger charge is 2.50. The smallest absolute Gasteiger partial charge is 0.185 e. The second-order valence-electron chi connectivity index (χ2n) is 11.5. The lowest BCUT2D eigenvalue weighted by molar-refractivity contribution is -0.125. The van der Waals surface area contributed by atoms with E-state index in [2.05, 4.69) is 22.2 Å². The van der Waals surface area contributed by atoms with Crippen molar-refractivity contribution in [3.63, 3.8) is 0 Å². The molecule has 0 N–H and O–H groups in total. The molecule has 3 aliphatic rings. The second-order valence-corrected chi connectivity index (χ2v) is 11.5. The normalized spacial score (nSPS) is 19.8. The van der Waals surface area contributed by atoms with Gasteiger partial charge in [-0.1, -0.05) is 35.5 Å². The summed E-state index contributed by atoms with van der Waals surface area (Å²) in [6, 6.07) is 14.8. The van der Waals surface area contributed by atoms with Crippen LogP contribution in [0.3, 0.4) is 0 Å². The van der Waals surface area contributed by atoms with Gasteiger partial charge < -0.3 is 9.42 Å². The van der Waals surface area contributed by atoms with Crippen LogP contribution < -0.4 is 0 Å². The standard InChI is InChI=1S/C30H30F2N2O3/c31-22-8-9-24(25(32)12-22)28-13-26(33-37-28)27(36)16-29(18-34(19-29)17-20-6-7-20)14-23(35)15-30(10-11-30)21-4-2-1-3-5-21/h1-5,8-9,12-13,20H,6-7,10-11,14-19H2. The molecule has 0 atom stereocenters. The quantitative estimate of drug-likeness (QED) is 0.300. The highest BCUT2D eigenvalue weighted by atomic mass is 19.1. The summed E-state index contributed by atoms with van der Waals surface area (Å²) in [5, 5.41) is 3.88. The van der Waals surface area contributed by atoms with Crippen LogP contribution in [0.25, 0.3) is 11.3 Å². The second kappa shape index (κ2) is 9.28. The van der Waals surface area contributed by atoms with Gasteiger partial charge in [-0.3, -0.25) is 9.59 Å². The molecule has 1 aromatic heterocycles. The Bertz CT molecular complexity index is 1320. The van der Waals surface area contributed by atoms with Gasteiger partial charge >= 0.3 is 0 Å². The number of carbonyl (C=O) groups excluding carboxylic acids is 2. The number of ketones is 2. The summed E-state index contributed by atoms with van der Waals surface area (Å²) in [7, 11) is 0. The number of rotatable bonds is 11. The van der Waals surface area contributed by atoms with Crippen molar-refractivity contribution >= 4 is 11.6 Å². The monoisotopic (exact) mass is 504 g/mol. The first kappa shape index (κ1) is 24.2. The third-order valence-corrected chi connectivity index (χ3v) is 8.21. The molecular formula is C30H30F2N2O3. The third kappa shape index (κ3) is 5.14. The molecule has 3 fully saturated rings. The van der Waals surface area contributed by atoms with Crippen molar-refractivity contribution < 1.29 is 22.9 Å². The van der Waals surface area contributed by atoms with Gasteiger partial charge in [0, 0.05) is 61.9 Å². The highest BCUT2D eigenvalue weighted by Crippen LogP contribution is 2.52. The molecule has 5 nitrogen and oxygen atoms in total. The Labute approximate surface area is 214 Å². The Morgan fingerprint density at radius 1 is 0.973 bits per heavy atom. The fourth-order valence-electron chi connectivity index (χ4n) is 6.01. The summed E-state index contributed by atoms with van der Waals surface area (Å²) in [6.07, 6.45) is 5.61. The largest absolute Gasteiger partial charge is 0.355 e. The molecule has 1 aliphatic heterocycles. The van der Waals surface area contributed by atoms with Crippen molar-refractivity contribution in [2.24, 2.45) is 11.3 Å². The van der Waals surface area contributed by atoms with E-state index in [1.165, 1.54) is 30.5 Å². The van der Waals surface area contributed by atoms with Crippen molar-refractivity contribution in [3.05, 3.63) is 77.5 Å². The maximum absolute atomic E-state index is 14.2. The van der Waals surface area contributed by atoms with Crippen LogP contribution in [-0.4, -0.2) is 41.3 Å². The Hall–Kier alpha value is -3.19. The van der Waals surface area contributed by atoms with Crippen LogP contribution in [-0.2, 0) is 10.2 Å². The van der Waals surface area contributed by atoms with Crippen LogP contribution >= 0.6 is 0 Å². The van der Waals surface area contributed by atoms with E-state index in [1.807, 2.05) is 18.2 Å². The molecule has 3 aromatic rings. The number of hydrogen-bond donors (Lipinski definition) is 0. The van der Waals surface area contributed by atoms with Crippen molar-refractivity contribution in [1.82, 2.24) is 10.1 Å². The molecule has 2 aromatic carbocycles. The SMILES string of the molecule is O=C(CC1(CC(=O)c2cc(-c3ccc(F)cc3F)on2)CN(CC2CC2)C1)CC1(c2ccccc2)CC1. The first-order valence-electron chi connectivity index (χ1n) is 13.1. The molecule has 0 unspecified atom stereocenters. The summed E-state index contributed by atoms with van der Waals surface area (Å²) in [4.78, 5) is 29.0. The van der Waals surface area contributed by atoms with Crippen LogP contribution in [0.1, 0.15) is 61.0 Å². The number of halogens is 2. The fourth-order valence-corrected chi connectivity index (χ4v) is 6.01. The number of carbonyl (C=O) groups is 2. The molecule has 37 heavy (non-hydrogen) atoms. The van der Waals surface area contributed by atoms with Gasteiger partial charge in [-0.2, -0.15) is 0 Å². The topological polar surface area (TPSA) is 63.4 Å². The number of nitrogens with zero attached hydrogens (tertiary/aromatic N) is 2. The zero-order valence-electron chi connectivity index (χ0n) is 20.7. The maximum Gasteiger partial charge on any atom is 0.185 e. The van der Waals surface area contributed by atoms with E-state index in [4.69, 9.17) is 4.52 Å². The third-order valence-electron chi connectivity index (χ3n) is 8.21. The molecule has 6 rings (SSSR count). The molecule has 0 radical (unpaired) electrons. The average Bonchev–Trinajstić information content (AvgIpc) is 3.77. The summed E-state index contributed by atoms with van der Waals surface area (Å²) in [6.45, 7) is 2.46. The summed E-state index contributed by atoms with van der Waals surface area (Å²) in [5.41, 5.74) is 0.902. The average molecular weight is 505 g/mol. The van der Waals surface area contributed by atoms with Crippen LogP contribution in [0.15, 0.2) is 59.1 Å². The van der Waals surface area contributed by atoms with Gasteiger partial charge in [0.25, 0.3) is 0 Å². The molecule has 2 aliphatic carbocycles. The number of Topliss-reactive ketones (excluding diaryl/α,β-unsaturated/α-hetero) is 2. The lowest BCUT2D eigenvalue weighted by atomic mass is 9.70. The van der Waals surface area contributed by atoms with E-state index in [9.17, 15) is 18.4 Å². The van der Waals surface area contributed by atoms with Gasteiger partial charge in [0.05, 0.1) is 5.56 Å². The minimum Gasteiger partial charge on any atom is -0.355 e. The van der Waals surface area contributed by atoms with Crippen molar-refractivity contribution in [2.75, 3.05) is 19.6 Å². The Balaban J connectivity index is 1.15. The molecule has 0 bridgehead atoms. The molecule has 192 valence electrons. The Morgan fingerprint density at radius 2 is 1.73 bits per heavy atom. The van der Waals surface area contributed by atoms with Gasteiger partial charge in [0.15, 0.2) is 11.5 Å². The fraction of sp³-hybridized carbons (Fsp3) is 0.433. The summed E-state index contributed by atoms with van der Waals surface area (Å²) < 4.78 is 32.7. The Kier molecular flexibility index (Phi) is 6.06. The highest BCUT2D eigenvalue weighted by molar-refractivity contribution is 5.96. The van der Waals surface area contributed by atoms with E-state index >= 15 is 0 Å². The van der Waals surface area contributed by atoms with Gasteiger partial charge in [-0.15, -0.1) is 0 Å². The lowest BCUT2D eigenvalue weighted by Gasteiger charge is -2.50. The predicted octanol–water partition coefficient (Wildman–Crippen LogP) is 5.99. The van der Waals surface area contributed by atoms with E-state index in [0.717, 1.165) is 50.5 Å². The molecule has 7 heteroatoms. The van der Waals surface area contributed by atoms with Gasteiger partial charge in [0.2, 0.25) is 0 Å². The predicted molar refractivity (Wildman–Crippen MR) is 134 cm³/mol. The van der Waals surface area contributed by atoms with E-state index < -0.39 is 17.0 Å². The maximum atomic E-state index is 14.2. The molecule has 0 spiro atoms. The molecular weight excluding hydrogens is 474 g/mol. The summed E-state index contributed by atoms with van der Waals surface area (Å²) in [5.74, 6) is -0.673. The number of hydrogen-bond acceptors (Lipinski definition) is 5. The minimum absolute atomic E-state index is 0.0488. The lowest BCUT2D eigenvalue weighted by Crippen LogP contribution is -2.58. The van der Waals surface area contributed by atoms with Crippen LogP contribution in [0.2, 0.25) is 0 Å². The number of benzene rings is 2. The molecule has 0 amide bonds. The Morgan fingerprint density at radius 3 is 2.41 bits per heavy atom. The van der Waals surface area contributed by atoms with E-state index in [-0.39, 0.29) is 40.4 Å². The van der Waals surface area contributed by atoms with Crippen molar-refractivity contribution in [1.29, 1.82) is 0 Å². The zero-order chi connectivity index (χ0) is 25.6. The van der Waals surface area contributed by atoms with Gasteiger partial charge in [-0.05, 0) is 49.3 Å². The van der Waals surface area contributed by atoms with Crippen molar-refractivity contribution in [3.8, 4) is 11.3 Å². The van der Waals surface area contributed by atoms with Crippen molar-refractivity contribution in [2.45, 2.75) is 50.4 Å². The zero-order valence-corrected chi connectivity index (χ0v) is 20.7. The first-order valence-corrected chi connectivity index (χ1v) is 13.1. The number of aromatic nitrogens is 1. The van der Waals surface area contributed by atoms with E-state index in [1.54, 1.807) is 0 Å². The van der Waals surface area contributed by atoms with E-state index in [0.29, 0.717) is 12.8 Å². The molecule has 2 saturated carbocycles.